The van der Waals surface area contributed by atoms with Crippen molar-refractivity contribution in [3.8, 4) is 23.0 Å². The minimum absolute atomic E-state index is 0.767. The molecule has 0 saturated carbocycles. The number of thioether (sulfide) groups is 4. The number of ether oxygens (including phenoxy) is 4. The number of hydrogen-bond donors (Lipinski definition) is 0. The van der Waals surface area contributed by atoms with Crippen molar-refractivity contribution >= 4 is 66.7 Å². The predicted octanol–water partition coefficient (Wildman–Crippen LogP) is 21.1. The van der Waals surface area contributed by atoms with Crippen molar-refractivity contribution in [2.45, 2.75) is 182 Å². The fraction of sp³-hybridized carbons (Fsp3) is 0.516. The lowest BCUT2D eigenvalue weighted by molar-refractivity contribution is 0.304. The van der Waals surface area contributed by atoms with E-state index in [0.29, 0.717) is 0 Å². The van der Waals surface area contributed by atoms with Crippen molar-refractivity contribution in [1.82, 2.24) is 0 Å². The van der Waals surface area contributed by atoms with E-state index in [9.17, 15) is 0 Å². The molecular formula is C62H84O4S4. The van der Waals surface area contributed by atoms with Gasteiger partial charge >= 0.3 is 0 Å². The Morgan fingerprint density at radius 2 is 0.429 bits per heavy atom. The summed E-state index contributed by atoms with van der Waals surface area (Å²) >= 11 is 7.62. The van der Waals surface area contributed by atoms with E-state index in [2.05, 4.69) is 125 Å². The van der Waals surface area contributed by atoms with Crippen LogP contribution in [0.1, 0.15) is 204 Å². The largest absolute Gasteiger partial charge is 0.494 e. The van der Waals surface area contributed by atoms with Gasteiger partial charge in [-0.2, -0.15) is 0 Å². The van der Waals surface area contributed by atoms with E-state index >= 15 is 0 Å². The molecule has 380 valence electrons. The van der Waals surface area contributed by atoms with E-state index in [4.69, 9.17) is 18.9 Å². The third-order valence-electron chi connectivity index (χ3n) is 12.9. The Balaban J connectivity index is 1.21. The molecule has 4 aromatic carbocycles. The lowest BCUT2D eigenvalue weighted by Crippen LogP contribution is -1.97. The predicted molar refractivity (Wildman–Crippen MR) is 312 cm³/mol. The molecule has 0 aliphatic carbocycles. The number of hydrogen-bond acceptors (Lipinski definition) is 8. The topological polar surface area (TPSA) is 36.9 Å². The molecular weight excluding hydrogens is 937 g/mol. The maximum atomic E-state index is 6.25. The maximum Gasteiger partial charge on any atom is 0.119 e. The van der Waals surface area contributed by atoms with Crippen LogP contribution < -0.4 is 18.9 Å². The maximum absolute atomic E-state index is 6.25. The first kappa shape index (κ1) is 56.0. The molecule has 8 heteroatoms. The van der Waals surface area contributed by atoms with Crippen LogP contribution in [0.25, 0.3) is 19.6 Å². The summed E-state index contributed by atoms with van der Waals surface area (Å²) in [6, 6.07) is 35.3. The van der Waals surface area contributed by atoms with E-state index in [1.54, 1.807) is 0 Å². The highest BCUT2D eigenvalue weighted by Crippen LogP contribution is 2.66. The normalized spacial score (nSPS) is 13.8. The first-order chi connectivity index (χ1) is 34.6. The number of rotatable bonds is 36. The molecule has 2 heterocycles. The van der Waals surface area contributed by atoms with E-state index in [-0.39, 0.29) is 0 Å². The molecule has 0 saturated heterocycles. The highest BCUT2D eigenvalue weighted by atomic mass is 32.2. The van der Waals surface area contributed by atoms with Crippen LogP contribution in [0.15, 0.2) is 106 Å². The van der Waals surface area contributed by atoms with E-state index in [1.807, 2.05) is 47.0 Å². The fourth-order valence-electron chi connectivity index (χ4n) is 8.62. The molecule has 4 aromatic rings. The lowest BCUT2D eigenvalue weighted by Gasteiger charge is -2.10. The minimum Gasteiger partial charge on any atom is -0.494 e. The summed E-state index contributed by atoms with van der Waals surface area (Å²) in [6.45, 7) is 12.2. The van der Waals surface area contributed by atoms with Gasteiger partial charge in [0.15, 0.2) is 0 Å². The smallest absolute Gasteiger partial charge is 0.119 e. The highest BCUT2D eigenvalue weighted by Gasteiger charge is 2.32. The molecule has 0 fully saturated rings. The molecule has 0 amide bonds. The van der Waals surface area contributed by atoms with Crippen molar-refractivity contribution in [2.24, 2.45) is 0 Å². The molecule has 0 aromatic heterocycles. The molecule has 4 nitrogen and oxygen atoms in total. The molecule has 0 radical (unpaired) electrons. The lowest BCUT2D eigenvalue weighted by atomic mass is 10.1. The Bertz CT molecular complexity index is 1850. The molecule has 2 aliphatic rings. The van der Waals surface area contributed by atoms with Gasteiger partial charge in [-0.3, -0.25) is 0 Å². The average molecular weight is 1020 g/mol. The molecule has 0 atom stereocenters. The Hall–Kier alpha value is -3.30. The van der Waals surface area contributed by atoms with Gasteiger partial charge in [-0.1, -0.05) is 252 Å². The molecule has 0 unspecified atom stereocenters. The molecule has 0 spiro atoms. The summed E-state index contributed by atoms with van der Waals surface area (Å²) in [5, 5.41) is 0. The summed E-state index contributed by atoms with van der Waals surface area (Å²) in [5.74, 6) is 3.77. The summed E-state index contributed by atoms with van der Waals surface area (Å²) in [5.41, 5.74) is 4.86. The Labute approximate surface area is 441 Å². The SMILES string of the molecule is CCCCCCCCOc1ccc(C2=C(c3ccc(OCCCCCCCC)cc3)SC(=C3SC(c4ccc(OCCCCCCCC)cc4)=C(c4ccc(OCCCCCCCC)cc4)S3)S2)cc1. The molecule has 6 rings (SSSR count). The standard InChI is InChI=1S/C62H84O4S4/c1-5-9-13-17-21-25-45-63-53-37-29-49(30-38-53)57-58(50-31-39-54(40-32-50)64-46-26-22-18-14-10-6-2)68-61(67-57)62-69-59(51-33-41-55(42-34-51)65-47-27-23-19-15-11-7-3)60(70-62)52-35-43-56(44-36-52)66-48-28-24-20-16-12-8-4/h29-44H,5-28,45-48H2,1-4H3. The first-order valence-electron chi connectivity index (χ1n) is 27.5. The van der Waals surface area contributed by atoms with Gasteiger partial charge < -0.3 is 18.9 Å². The number of unbranched alkanes of at least 4 members (excludes halogenated alkanes) is 20. The van der Waals surface area contributed by atoms with Crippen LogP contribution in [-0.4, -0.2) is 26.4 Å². The van der Waals surface area contributed by atoms with Crippen molar-refractivity contribution in [3.05, 3.63) is 128 Å². The fourth-order valence-corrected chi connectivity index (χ4v) is 14.4. The van der Waals surface area contributed by atoms with E-state index in [1.165, 1.54) is 179 Å². The quantitative estimate of drug-likeness (QED) is 0.0417. The van der Waals surface area contributed by atoms with Gasteiger partial charge in [-0.05, 0) is 96.5 Å². The van der Waals surface area contributed by atoms with Gasteiger partial charge in [0.05, 0.1) is 34.9 Å². The van der Waals surface area contributed by atoms with Crippen molar-refractivity contribution < 1.29 is 18.9 Å². The van der Waals surface area contributed by atoms with Gasteiger partial charge in [0.1, 0.15) is 23.0 Å². The van der Waals surface area contributed by atoms with Gasteiger partial charge in [-0.25, -0.2) is 0 Å². The Morgan fingerprint density at radius 1 is 0.243 bits per heavy atom. The second kappa shape index (κ2) is 33.4. The number of benzene rings is 4. The van der Waals surface area contributed by atoms with Crippen molar-refractivity contribution in [1.29, 1.82) is 0 Å². The van der Waals surface area contributed by atoms with Crippen LogP contribution in [0.3, 0.4) is 0 Å². The zero-order valence-electron chi connectivity index (χ0n) is 43.3. The van der Waals surface area contributed by atoms with Gasteiger partial charge in [0, 0.05) is 19.6 Å². The first-order valence-corrected chi connectivity index (χ1v) is 30.7. The monoisotopic (exact) mass is 1020 g/mol. The van der Waals surface area contributed by atoms with Crippen molar-refractivity contribution in [2.75, 3.05) is 26.4 Å². The van der Waals surface area contributed by atoms with Gasteiger partial charge in [0.25, 0.3) is 0 Å². The molecule has 2 aliphatic heterocycles. The second-order valence-corrected chi connectivity index (χ2v) is 23.5. The third kappa shape index (κ3) is 19.3. The van der Waals surface area contributed by atoms with Crippen LogP contribution >= 0.6 is 47.0 Å². The van der Waals surface area contributed by atoms with Gasteiger partial charge in [-0.15, -0.1) is 0 Å². The molecule has 0 bridgehead atoms. The Kier molecular flexibility index (Phi) is 26.7. The molecule has 0 N–H and O–H groups in total. The summed E-state index contributed by atoms with van der Waals surface area (Å²) in [6.07, 6.45) is 30.2. The second-order valence-electron chi connectivity index (χ2n) is 18.9. The highest BCUT2D eigenvalue weighted by molar-refractivity contribution is 8.39. The van der Waals surface area contributed by atoms with E-state index < -0.39 is 0 Å². The minimum atomic E-state index is 0.767. The zero-order chi connectivity index (χ0) is 48.9. The third-order valence-corrected chi connectivity index (χ3v) is 18.8. The van der Waals surface area contributed by atoms with E-state index in [0.717, 1.165) is 75.1 Å². The summed E-state index contributed by atoms with van der Waals surface area (Å²) in [7, 11) is 0. The van der Waals surface area contributed by atoms with Crippen LogP contribution in [0, 0.1) is 0 Å². The van der Waals surface area contributed by atoms with Crippen LogP contribution in [-0.2, 0) is 0 Å². The zero-order valence-corrected chi connectivity index (χ0v) is 46.6. The van der Waals surface area contributed by atoms with Gasteiger partial charge in [0.2, 0.25) is 0 Å². The van der Waals surface area contributed by atoms with Crippen LogP contribution in [0.2, 0.25) is 0 Å². The van der Waals surface area contributed by atoms with Crippen LogP contribution in [0.4, 0.5) is 0 Å². The Morgan fingerprint density at radius 3 is 0.629 bits per heavy atom. The molecule has 70 heavy (non-hydrogen) atoms. The van der Waals surface area contributed by atoms with Crippen molar-refractivity contribution in [3.63, 3.8) is 0 Å². The summed E-state index contributed by atoms with van der Waals surface area (Å²) in [4.78, 5) is 5.13. The van der Waals surface area contributed by atoms with Crippen LogP contribution in [0.5, 0.6) is 23.0 Å². The average Bonchev–Trinajstić information content (AvgIpc) is 4.05. The summed E-state index contributed by atoms with van der Waals surface area (Å²) < 4.78 is 27.6.